The van der Waals surface area contributed by atoms with Crippen molar-refractivity contribution < 1.29 is 19.1 Å². The minimum absolute atomic E-state index is 0.117. The first kappa shape index (κ1) is 20.8. The summed E-state index contributed by atoms with van der Waals surface area (Å²) in [6.07, 6.45) is 5.33. The van der Waals surface area contributed by atoms with Crippen molar-refractivity contribution in [2.75, 3.05) is 0 Å². The molecule has 3 aliphatic rings. The van der Waals surface area contributed by atoms with Crippen molar-refractivity contribution in [1.82, 2.24) is 0 Å². The van der Waals surface area contributed by atoms with Crippen molar-refractivity contribution in [2.24, 2.45) is 17.8 Å². The molecule has 0 spiro atoms. The zero-order chi connectivity index (χ0) is 20.8. The van der Waals surface area contributed by atoms with Crippen molar-refractivity contribution in [2.45, 2.75) is 69.9 Å². The SMILES string of the molecule is CCC1CCC2C1C(OC(=O)/C=C(\C)c1ccccc1)C1(P)CCC(=O)C2(C)O1. The van der Waals surface area contributed by atoms with Crippen LogP contribution in [0.2, 0.25) is 0 Å². The van der Waals surface area contributed by atoms with E-state index in [1.807, 2.05) is 44.2 Å². The fourth-order valence-corrected chi connectivity index (χ4v) is 6.53. The van der Waals surface area contributed by atoms with Crippen LogP contribution in [-0.2, 0) is 19.1 Å². The molecule has 1 aliphatic carbocycles. The Morgan fingerprint density at radius 1 is 1.31 bits per heavy atom. The largest absolute Gasteiger partial charge is 0.455 e. The van der Waals surface area contributed by atoms with E-state index in [0.717, 1.165) is 30.4 Å². The van der Waals surface area contributed by atoms with Crippen molar-refractivity contribution >= 4 is 26.6 Å². The number of benzene rings is 1. The summed E-state index contributed by atoms with van der Waals surface area (Å²) in [5, 5.41) is -0.689. The fourth-order valence-electron chi connectivity index (χ4n) is 5.85. The van der Waals surface area contributed by atoms with Gasteiger partial charge in [0, 0.05) is 24.3 Å². The quantitative estimate of drug-likeness (QED) is 0.404. The first-order valence-electron chi connectivity index (χ1n) is 10.7. The van der Waals surface area contributed by atoms with Gasteiger partial charge in [0.1, 0.15) is 17.0 Å². The molecule has 4 rings (SSSR count). The zero-order valence-corrected chi connectivity index (χ0v) is 18.7. The number of allylic oxidation sites excluding steroid dienone is 1. The summed E-state index contributed by atoms with van der Waals surface area (Å²) >= 11 is 0. The van der Waals surface area contributed by atoms with Crippen LogP contribution in [0, 0.1) is 17.8 Å². The molecule has 5 heteroatoms. The predicted molar refractivity (Wildman–Crippen MR) is 116 cm³/mol. The summed E-state index contributed by atoms with van der Waals surface area (Å²) in [5.74, 6) is 0.599. The van der Waals surface area contributed by atoms with Gasteiger partial charge in [-0.3, -0.25) is 4.79 Å². The third-order valence-electron chi connectivity index (χ3n) is 7.43. The summed E-state index contributed by atoms with van der Waals surface area (Å²) in [6.45, 7) is 6.07. The molecule has 2 aliphatic heterocycles. The van der Waals surface area contributed by atoms with Gasteiger partial charge in [0.2, 0.25) is 0 Å². The standard InChI is InChI=1S/C24H31O4P/c1-4-16-10-11-18-21(16)22(24(29)13-12-19(25)23(18,3)28-24)27-20(26)14-15(2)17-8-6-5-7-9-17/h5-9,14,16,18,21-22H,4,10-13,29H2,1-3H3/b15-14+. The van der Waals surface area contributed by atoms with Gasteiger partial charge in [-0.1, -0.05) is 52.9 Å². The minimum atomic E-state index is -0.757. The average Bonchev–Trinajstić information content (AvgIpc) is 3.14. The Hall–Kier alpha value is -1.51. The summed E-state index contributed by atoms with van der Waals surface area (Å²) in [4.78, 5) is 25.7. The summed E-state index contributed by atoms with van der Waals surface area (Å²) in [6, 6.07) is 9.84. The van der Waals surface area contributed by atoms with Gasteiger partial charge in [-0.25, -0.2) is 4.79 Å². The lowest BCUT2D eigenvalue weighted by Gasteiger charge is -2.57. The fraction of sp³-hybridized carbons (Fsp3) is 0.583. The van der Waals surface area contributed by atoms with E-state index in [9.17, 15) is 9.59 Å². The third-order valence-corrected chi connectivity index (χ3v) is 8.16. The molecule has 1 aromatic rings. The van der Waals surface area contributed by atoms with E-state index in [4.69, 9.17) is 9.47 Å². The molecule has 3 fully saturated rings. The monoisotopic (exact) mass is 414 g/mol. The maximum absolute atomic E-state index is 12.9. The van der Waals surface area contributed by atoms with Crippen LogP contribution in [0.1, 0.15) is 58.4 Å². The van der Waals surface area contributed by atoms with E-state index < -0.39 is 10.9 Å². The van der Waals surface area contributed by atoms with Gasteiger partial charge in [-0.2, -0.15) is 0 Å². The van der Waals surface area contributed by atoms with Gasteiger partial charge in [-0.05, 0) is 50.2 Å². The molecule has 0 amide bonds. The molecular weight excluding hydrogens is 383 g/mol. The number of hydrogen-bond acceptors (Lipinski definition) is 4. The third kappa shape index (κ3) is 3.49. The first-order chi connectivity index (χ1) is 13.8. The smallest absolute Gasteiger partial charge is 0.331 e. The van der Waals surface area contributed by atoms with E-state index in [-0.39, 0.29) is 29.7 Å². The second kappa shape index (κ2) is 7.63. The Labute approximate surface area is 175 Å². The Balaban J connectivity index is 1.63. The van der Waals surface area contributed by atoms with Gasteiger partial charge < -0.3 is 9.47 Å². The molecule has 156 valence electrons. The molecule has 1 aromatic carbocycles. The van der Waals surface area contributed by atoms with E-state index in [1.54, 1.807) is 6.08 Å². The number of fused-ring (bicyclic) bond motifs is 4. The van der Waals surface area contributed by atoms with Crippen molar-refractivity contribution in [1.29, 1.82) is 0 Å². The Morgan fingerprint density at radius 2 is 2.03 bits per heavy atom. The number of carbonyl (C=O) groups is 2. The van der Waals surface area contributed by atoms with Gasteiger partial charge in [-0.15, -0.1) is 0 Å². The summed E-state index contributed by atoms with van der Waals surface area (Å²) in [5.41, 5.74) is 1.13. The van der Waals surface area contributed by atoms with Crippen LogP contribution in [-0.4, -0.2) is 28.8 Å². The molecule has 29 heavy (non-hydrogen) atoms. The average molecular weight is 414 g/mol. The maximum atomic E-state index is 12.9. The molecule has 0 aromatic heterocycles. The van der Waals surface area contributed by atoms with Crippen LogP contribution < -0.4 is 0 Å². The Morgan fingerprint density at radius 3 is 2.72 bits per heavy atom. The van der Waals surface area contributed by atoms with Gasteiger partial charge >= 0.3 is 5.97 Å². The predicted octanol–water partition coefficient (Wildman–Crippen LogP) is 4.78. The lowest BCUT2D eigenvalue weighted by atomic mass is 9.66. The normalized spacial score (nSPS) is 39.2. The molecule has 0 N–H and O–H groups in total. The molecule has 2 saturated heterocycles. The molecule has 0 radical (unpaired) electrons. The van der Waals surface area contributed by atoms with Crippen LogP contribution in [0.3, 0.4) is 0 Å². The molecule has 4 nitrogen and oxygen atoms in total. The number of ketones is 1. The molecule has 2 bridgehead atoms. The van der Waals surface area contributed by atoms with Crippen molar-refractivity contribution in [3.05, 3.63) is 42.0 Å². The summed E-state index contributed by atoms with van der Waals surface area (Å²) in [7, 11) is 2.81. The van der Waals surface area contributed by atoms with Crippen LogP contribution in [0.15, 0.2) is 36.4 Å². The topological polar surface area (TPSA) is 52.6 Å². The minimum Gasteiger partial charge on any atom is -0.455 e. The molecular formula is C24H31O4P. The first-order valence-corrected chi connectivity index (χ1v) is 11.3. The second-order valence-corrected chi connectivity index (χ2v) is 10.0. The van der Waals surface area contributed by atoms with Gasteiger partial charge in [0.15, 0.2) is 5.78 Å². The van der Waals surface area contributed by atoms with E-state index in [0.29, 0.717) is 18.8 Å². The number of rotatable bonds is 4. The molecule has 7 unspecified atom stereocenters. The maximum Gasteiger partial charge on any atom is 0.331 e. The molecule has 1 saturated carbocycles. The number of esters is 1. The number of ether oxygens (including phenoxy) is 2. The van der Waals surface area contributed by atoms with Crippen molar-refractivity contribution in [3.63, 3.8) is 0 Å². The van der Waals surface area contributed by atoms with Gasteiger partial charge in [0.05, 0.1) is 0 Å². The second-order valence-electron chi connectivity index (χ2n) is 9.07. The number of hydrogen-bond donors (Lipinski definition) is 0. The van der Waals surface area contributed by atoms with E-state index in [1.165, 1.54) is 0 Å². The van der Waals surface area contributed by atoms with E-state index in [2.05, 4.69) is 16.2 Å². The number of Topliss-reactive ketones (excluding diaryl/α,β-unsaturated/α-hetero) is 1. The number of carbonyl (C=O) groups excluding carboxylic acids is 2. The summed E-state index contributed by atoms with van der Waals surface area (Å²) < 4.78 is 12.6. The van der Waals surface area contributed by atoms with Gasteiger partial charge in [0.25, 0.3) is 0 Å². The van der Waals surface area contributed by atoms with Crippen LogP contribution in [0.25, 0.3) is 5.57 Å². The van der Waals surface area contributed by atoms with E-state index >= 15 is 0 Å². The van der Waals surface area contributed by atoms with Crippen LogP contribution in [0.5, 0.6) is 0 Å². The van der Waals surface area contributed by atoms with Crippen LogP contribution in [0.4, 0.5) is 0 Å². The molecule has 7 atom stereocenters. The Bertz CT molecular complexity index is 835. The van der Waals surface area contributed by atoms with Crippen molar-refractivity contribution in [3.8, 4) is 0 Å². The zero-order valence-electron chi connectivity index (χ0n) is 17.5. The lowest BCUT2D eigenvalue weighted by Crippen LogP contribution is -2.67. The Kier molecular flexibility index (Phi) is 5.46. The highest BCUT2D eigenvalue weighted by Crippen LogP contribution is 2.60. The highest BCUT2D eigenvalue weighted by molar-refractivity contribution is 7.18. The highest BCUT2D eigenvalue weighted by Gasteiger charge is 2.66. The van der Waals surface area contributed by atoms with Crippen LogP contribution >= 0.6 is 9.24 Å². The molecule has 2 heterocycles. The lowest BCUT2D eigenvalue weighted by molar-refractivity contribution is -0.252. The highest BCUT2D eigenvalue weighted by atomic mass is 31.0.